The number of nitrogens with zero attached hydrogens (tertiary/aromatic N) is 1. The third kappa shape index (κ3) is 8.48. The average molecular weight is 577 g/mol. The maximum Gasteiger partial charge on any atom is 0.673 e. The van der Waals surface area contributed by atoms with Gasteiger partial charge in [0.2, 0.25) is 0 Å². The summed E-state index contributed by atoms with van der Waals surface area (Å²) in [6.07, 6.45) is 4.45. The zero-order valence-corrected chi connectivity index (χ0v) is 21.2. The first-order valence-electron chi connectivity index (χ1n) is 10.6. The fourth-order valence-electron chi connectivity index (χ4n) is 3.18. The molecule has 0 spiro atoms. The molecule has 4 aromatic rings. The van der Waals surface area contributed by atoms with Crippen LogP contribution in [0.25, 0.3) is 30.4 Å². The second-order valence-electron chi connectivity index (χ2n) is 7.67. The first-order chi connectivity index (χ1) is 16.2. The van der Waals surface area contributed by atoms with Crippen molar-refractivity contribution in [1.82, 2.24) is 0 Å². The Bertz CT molecular complexity index is 1150. The van der Waals surface area contributed by atoms with Crippen LogP contribution in [0.4, 0.5) is 23.0 Å². The van der Waals surface area contributed by atoms with Gasteiger partial charge in [-0.15, -0.1) is 0 Å². The van der Waals surface area contributed by atoms with Crippen LogP contribution in [0.1, 0.15) is 11.1 Å². The Morgan fingerprint density at radius 2 is 1.03 bits per heavy atom. The molecule has 0 N–H and O–H groups in total. The summed E-state index contributed by atoms with van der Waals surface area (Å²) < 4.78 is 42.0. The maximum atomic E-state index is 9.75. The third-order valence-corrected chi connectivity index (χ3v) is 8.08. The summed E-state index contributed by atoms with van der Waals surface area (Å²) in [5.74, 6) is 0. The van der Waals surface area contributed by atoms with Gasteiger partial charge in [-0.25, -0.2) is 0 Å². The minimum atomic E-state index is -6.00. The Labute approximate surface area is 207 Å². The molecule has 0 fully saturated rings. The van der Waals surface area contributed by atoms with Gasteiger partial charge in [0.1, 0.15) is 0 Å². The van der Waals surface area contributed by atoms with E-state index in [1.165, 1.54) is 35.1 Å². The van der Waals surface area contributed by atoms with Crippen molar-refractivity contribution < 1.29 is 17.3 Å². The second-order valence-corrected chi connectivity index (χ2v) is 10.8. The molecule has 174 valence electrons. The van der Waals surface area contributed by atoms with Gasteiger partial charge in [0, 0.05) is 0 Å². The number of hydrogen-bond donors (Lipinski definition) is 0. The molecule has 4 rings (SSSR count). The average Bonchev–Trinajstić information content (AvgIpc) is 2.83. The van der Waals surface area contributed by atoms with E-state index in [0.29, 0.717) is 0 Å². The zero-order chi connectivity index (χ0) is 24.6. The van der Waals surface area contributed by atoms with Gasteiger partial charge in [-0.2, -0.15) is 0 Å². The van der Waals surface area contributed by atoms with Crippen LogP contribution in [-0.2, 0) is 0 Å². The van der Waals surface area contributed by atoms with Crippen LogP contribution < -0.4 is 4.90 Å². The summed E-state index contributed by atoms with van der Waals surface area (Å²) in [5, 5.41) is 0. The number of benzene rings is 3. The standard InChI is InChI=1S/C27H24NTe.BF4/c1-28(2)25-17-15-21(16-18-25)13-14-22-19-26(23-9-5-3-6-10-23)29-27(20-22)24-11-7-4-8-12-24;2-1(3,4)5/h3-20H,1-2H3;/q+1;-1. The first kappa shape index (κ1) is 25.7. The zero-order valence-electron chi connectivity index (χ0n) is 18.8. The molecule has 1 heterocycles. The van der Waals surface area contributed by atoms with Gasteiger partial charge >= 0.3 is 191 Å². The number of rotatable bonds is 5. The first-order valence-corrected chi connectivity index (χ1v) is 12.9. The number of anilines is 1. The molecule has 0 amide bonds. The molecule has 0 atom stereocenters. The van der Waals surface area contributed by atoms with E-state index in [4.69, 9.17) is 0 Å². The largest absolute Gasteiger partial charge is 0.673 e. The Hall–Kier alpha value is -2.88. The van der Waals surface area contributed by atoms with Crippen molar-refractivity contribution in [2.24, 2.45) is 0 Å². The summed E-state index contributed by atoms with van der Waals surface area (Å²) in [6, 6.07) is 35.0. The molecular formula is C27H24BF4NTe. The molecule has 1 nitrogen and oxygen atoms in total. The summed E-state index contributed by atoms with van der Waals surface area (Å²) in [5.41, 5.74) is 6.39. The molecule has 0 radical (unpaired) electrons. The number of halogens is 4. The fraction of sp³-hybridized carbons (Fsp3) is 0.0741. The van der Waals surface area contributed by atoms with Crippen molar-refractivity contribution in [3.05, 3.63) is 108 Å². The monoisotopic (exact) mass is 579 g/mol. The molecule has 34 heavy (non-hydrogen) atoms. The third-order valence-electron chi connectivity index (χ3n) is 4.81. The van der Waals surface area contributed by atoms with Crippen molar-refractivity contribution in [3.8, 4) is 18.3 Å². The van der Waals surface area contributed by atoms with E-state index >= 15 is 0 Å². The van der Waals surface area contributed by atoms with Crippen LogP contribution in [0, 0.1) is 0 Å². The Balaban J connectivity index is 0.000000588. The van der Waals surface area contributed by atoms with E-state index in [9.17, 15) is 17.3 Å². The minimum Gasteiger partial charge on any atom is -0.418 e. The van der Waals surface area contributed by atoms with Crippen LogP contribution in [0.15, 0.2) is 97.1 Å². The van der Waals surface area contributed by atoms with E-state index in [2.05, 4.69) is 128 Å². The van der Waals surface area contributed by atoms with Gasteiger partial charge in [-0.3, -0.25) is 0 Å². The number of hydrogen-bond acceptors (Lipinski definition) is 1. The van der Waals surface area contributed by atoms with E-state index < -0.39 is 27.7 Å². The van der Waals surface area contributed by atoms with Crippen LogP contribution in [0.2, 0.25) is 0 Å². The predicted octanol–water partition coefficient (Wildman–Crippen LogP) is 7.90. The van der Waals surface area contributed by atoms with E-state index in [1.54, 1.807) is 0 Å². The van der Waals surface area contributed by atoms with Gasteiger partial charge in [0.05, 0.1) is 0 Å². The van der Waals surface area contributed by atoms with Gasteiger partial charge in [-0.05, 0) is 0 Å². The minimum absolute atomic E-state index is 0.430. The van der Waals surface area contributed by atoms with E-state index in [0.717, 1.165) is 0 Å². The van der Waals surface area contributed by atoms with E-state index in [-0.39, 0.29) is 0 Å². The van der Waals surface area contributed by atoms with Gasteiger partial charge in [0.15, 0.2) is 0 Å². The van der Waals surface area contributed by atoms with Crippen molar-refractivity contribution in [1.29, 1.82) is 0 Å². The molecule has 0 aliphatic heterocycles. The van der Waals surface area contributed by atoms with Crippen molar-refractivity contribution in [3.63, 3.8) is 0 Å². The molecule has 0 aliphatic carbocycles. The summed E-state index contributed by atoms with van der Waals surface area (Å²) >= 11 is -0.430. The molecule has 1 aromatic heterocycles. The van der Waals surface area contributed by atoms with Gasteiger partial charge in [0.25, 0.3) is 0 Å². The van der Waals surface area contributed by atoms with E-state index in [1.807, 2.05) is 0 Å². The van der Waals surface area contributed by atoms with Crippen LogP contribution in [-0.4, -0.2) is 41.8 Å². The Morgan fingerprint density at radius 1 is 0.618 bits per heavy atom. The van der Waals surface area contributed by atoms with Crippen LogP contribution in [0.5, 0.6) is 0 Å². The van der Waals surface area contributed by atoms with Crippen molar-refractivity contribution in [2.75, 3.05) is 19.0 Å². The molecule has 0 bridgehead atoms. The second kappa shape index (κ2) is 12.0. The van der Waals surface area contributed by atoms with Gasteiger partial charge in [-0.1, -0.05) is 0 Å². The predicted molar refractivity (Wildman–Crippen MR) is 139 cm³/mol. The van der Waals surface area contributed by atoms with Crippen molar-refractivity contribution in [2.45, 2.75) is 0 Å². The molecule has 0 unspecified atom stereocenters. The normalized spacial score (nSPS) is 11.1. The molecule has 0 aliphatic rings. The van der Waals surface area contributed by atoms with Crippen molar-refractivity contribution >= 4 is 45.5 Å². The van der Waals surface area contributed by atoms with Crippen LogP contribution >= 0.6 is 0 Å². The summed E-state index contributed by atoms with van der Waals surface area (Å²) in [6.45, 7) is 0. The summed E-state index contributed by atoms with van der Waals surface area (Å²) in [4.78, 5) is 2.12. The molecule has 7 heteroatoms. The van der Waals surface area contributed by atoms with Crippen LogP contribution in [0.3, 0.4) is 0 Å². The molecule has 0 saturated heterocycles. The fourth-order valence-corrected chi connectivity index (χ4v) is 6.42. The topological polar surface area (TPSA) is 3.24 Å². The van der Waals surface area contributed by atoms with Gasteiger partial charge < -0.3 is 17.3 Å². The molecular weight excluding hydrogens is 553 g/mol. The molecule has 0 saturated carbocycles. The maximum absolute atomic E-state index is 9.75. The quantitative estimate of drug-likeness (QED) is 0.172. The SMILES string of the molecule is CN(C)c1ccc(C=Cc2cc(-c3ccccc3)[te+]c(-c3ccccc3)c2)cc1.F[B-](F)(F)F. The molecule has 3 aromatic carbocycles. The Morgan fingerprint density at radius 3 is 1.44 bits per heavy atom. The smallest absolute Gasteiger partial charge is 0.418 e. The summed E-state index contributed by atoms with van der Waals surface area (Å²) in [7, 11) is -1.86. The Kier molecular flexibility index (Phi) is 9.09.